The molecule has 2 fully saturated rings. The minimum Gasteiger partial charge on any atom is -0.388 e. The van der Waals surface area contributed by atoms with E-state index < -0.39 is 41.3 Å². The maximum Gasteiger partial charge on any atom is 0.237 e. The summed E-state index contributed by atoms with van der Waals surface area (Å²) in [5.74, 6) is 0.350. The molecule has 10 heteroatoms. The molecule has 0 aromatic heterocycles. The van der Waals surface area contributed by atoms with Crippen LogP contribution in [-0.4, -0.2) is 93.3 Å². The van der Waals surface area contributed by atoms with Crippen LogP contribution in [0.15, 0.2) is 0 Å². The predicted octanol–water partition coefficient (Wildman–Crippen LogP) is 0.811. The van der Waals surface area contributed by atoms with Crippen LogP contribution in [0.3, 0.4) is 0 Å². The maximum absolute atomic E-state index is 12.9. The number of alkyl halides is 1. The second-order valence-electron chi connectivity index (χ2n) is 7.73. The van der Waals surface area contributed by atoms with Gasteiger partial charge in [0.15, 0.2) is 0 Å². The number of aliphatic hydroxyl groups excluding tert-OH is 3. The van der Waals surface area contributed by atoms with Gasteiger partial charge in [0, 0.05) is 6.54 Å². The molecule has 28 heavy (non-hydrogen) atoms. The number of nitrogens with zero attached hydrogens (tertiary/aromatic N) is 1. The van der Waals surface area contributed by atoms with Crippen LogP contribution in [0.1, 0.15) is 33.1 Å². The molecule has 2 saturated heterocycles. The third-order valence-electron chi connectivity index (χ3n) is 5.63. The molecular weight excluding hydrogens is 427 g/mol. The SMILES string of the molecule is CCC[C@@H]1C[C@@H](C(=O)N[C@@H](C2O[C@H](SC)[C@H](O)[C@@H](O)[C@H]2O)[C@@H](C)Cl)N(C)C1.Cl. The van der Waals surface area contributed by atoms with Crippen molar-refractivity contribution in [3.8, 4) is 0 Å². The monoisotopic (exact) mass is 460 g/mol. The molecule has 2 aliphatic rings. The van der Waals surface area contributed by atoms with Crippen LogP contribution >= 0.6 is 35.8 Å². The fourth-order valence-electron chi connectivity index (χ4n) is 4.11. The van der Waals surface area contributed by atoms with Crippen molar-refractivity contribution in [2.75, 3.05) is 19.8 Å². The zero-order valence-electron chi connectivity index (χ0n) is 16.8. The van der Waals surface area contributed by atoms with E-state index in [1.165, 1.54) is 11.8 Å². The summed E-state index contributed by atoms with van der Waals surface area (Å²) in [6.45, 7) is 4.74. The molecule has 2 aliphatic heterocycles. The van der Waals surface area contributed by atoms with E-state index in [1.54, 1.807) is 13.2 Å². The first kappa shape index (κ1) is 26.2. The Bertz CT molecular complexity index is 503. The van der Waals surface area contributed by atoms with E-state index in [-0.39, 0.29) is 24.4 Å². The van der Waals surface area contributed by atoms with Crippen molar-refractivity contribution in [2.45, 2.75) is 80.4 Å². The lowest BCUT2D eigenvalue weighted by Gasteiger charge is -2.44. The third kappa shape index (κ3) is 5.88. The van der Waals surface area contributed by atoms with Crippen LogP contribution in [0.4, 0.5) is 0 Å². The molecule has 1 amide bonds. The second kappa shape index (κ2) is 11.6. The fourth-order valence-corrected chi connectivity index (χ4v) is 5.00. The lowest BCUT2D eigenvalue weighted by molar-refractivity contribution is -0.205. The van der Waals surface area contributed by atoms with Crippen LogP contribution in [-0.2, 0) is 9.53 Å². The summed E-state index contributed by atoms with van der Waals surface area (Å²) < 4.78 is 5.79. The van der Waals surface area contributed by atoms with Crippen LogP contribution in [0.5, 0.6) is 0 Å². The topological polar surface area (TPSA) is 102 Å². The maximum atomic E-state index is 12.9. The van der Waals surface area contributed by atoms with E-state index in [9.17, 15) is 20.1 Å². The highest BCUT2D eigenvalue weighted by Crippen LogP contribution is 2.31. The van der Waals surface area contributed by atoms with E-state index in [1.807, 2.05) is 11.9 Å². The van der Waals surface area contributed by atoms with Crippen molar-refractivity contribution in [1.29, 1.82) is 0 Å². The number of likely N-dealkylation sites (tertiary alicyclic amines) is 1. The van der Waals surface area contributed by atoms with Gasteiger partial charge in [-0.05, 0) is 39.0 Å². The molecule has 0 aromatic carbocycles. The van der Waals surface area contributed by atoms with Crippen LogP contribution in [0, 0.1) is 5.92 Å². The van der Waals surface area contributed by atoms with Gasteiger partial charge in [-0.1, -0.05) is 13.3 Å². The van der Waals surface area contributed by atoms with Gasteiger partial charge in [0.2, 0.25) is 5.91 Å². The van der Waals surface area contributed by atoms with Gasteiger partial charge in [0.05, 0.1) is 17.5 Å². The van der Waals surface area contributed by atoms with Gasteiger partial charge in [-0.2, -0.15) is 0 Å². The van der Waals surface area contributed by atoms with E-state index >= 15 is 0 Å². The molecule has 0 spiro atoms. The van der Waals surface area contributed by atoms with E-state index in [0.29, 0.717) is 5.92 Å². The molecule has 0 aromatic rings. The highest BCUT2D eigenvalue weighted by atomic mass is 35.5. The number of hydrogen-bond acceptors (Lipinski definition) is 7. The van der Waals surface area contributed by atoms with Gasteiger partial charge in [0.25, 0.3) is 0 Å². The number of amides is 1. The number of thioether (sulfide) groups is 1. The Morgan fingerprint density at radius 3 is 2.50 bits per heavy atom. The average molecular weight is 461 g/mol. The Balaban J connectivity index is 0.00000392. The number of hydrogen-bond donors (Lipinski definition) is 4. The highest BCUT2D eigenvalue weighted by Gasteiger charge is 2.48. The molecule has 4 N–H and O–H groups in total. The Morgan fingerprint density at radius 1 is 1.32 bits per heavy atom. The molecule has 1 unspecified atom stereocenters. The van der Waals surface area contributed by atoms with Crippen molar-refractivity contribution >= 4 is 41.7 Å². The number of carbonyl (C=O) groups is 1. The summed E-state index contributed by atoms with van der Waals surface area (Å²) in [6.07, 6.45) is -0.0980. The summed E-state index contributed by atoms with van der Waals surface area (Å²) in [5.41, 5.74) is -0.702. The number of likely N-dealkylation sites (N-methyl/N-ethyl adjacent to an activating group) is 1. The molecule has 0 aliphatic carbocycles. The van der Waals surface area contributed by atoms with Crippen molar-refractivity contribution in [3.63, 3.8) is 0 Å². The minimum absolute atomic E-state index is 0. The molecular formula is C18H34Cl2N2O5S. The van der Waals surface area contributed by atoms with Crippen molar-refractivity contribution in [3.05, 3.63) is 0 Å². The van der Waals surface area contributed by atoms with Gasteiger partial charge in [-0.15, -0.1) is 35.8 Å². The van der Waals surface area contributed by atoms with Crippen LogP contribution in [0.25, 0.3) is 0 Å². The van der Waals surface area contributed by atoms with Crippen molar-refractivity contribution in [1.82, 2.24) is 10.2 Å². The average Bonchev–Trinajstić information content (AvgIpc) is 2.99. The van der Waals surface area contributed by atoms with Gasteiger partial charge in [-0.3, -0.25) is 9.69 Å². The van der Waals surface area contributed by atoms with E-state index in [4.69, 9.17) is 16.3 Å². The summed E-state index contributed by atoms with van der Waals surface area (Å²) >= 11 is 7.55. The summed E-state index contributed by atoms with van der Waals surface area (Å²) in [7, 11) is 1.94. The number of carbonyl (C=O) groups excluding carboxylic acids is 1. The van der Waals surface area contributed by atoms with Crippen molar-refractivity contribution < 1.29 is 24.9 Å². The molecule has 9 atom stereocenters. The summed E-state index contributed by atoms with van der Waals surface area (Å²) in [4.78, 5) is 14.9. The minimum atomic E-state index is -1.36. The number of halogens is 2. The normalized spacial score (nSPS) is 38.5. The van der Waals surface area contributed by atoms with E-state index in [0.717, 1.165) is 25.8 Å². The highest BCUT2D eigenvalue weighted by molar-refractivity contribution is 7.99. The molecule has 2 heterocycles. The Labute approximate surface area is 182 Å². The molecule has 0 radical (unpaired) electrons. The lowest BCUT2D eigenvalue weighted by atomic mass is 9.92. The number of ether oxygens (including phenoxy) is 1. The Kier molecular flexibility index (Phi) is 10.8. The van der Waals surface area contributed by atoms with Crippen LogP contribution in [0.2, 0.25) is 0 Å². The third-order valence-corrected chi connectivity index (χ3v) is 6.76. The standard InChI is InChI=1S/C18H33ClN2O5S.ClH/c1-5-6-10-7-11(21(3)8-10)17(25)20-12(9(2)19)16-14(23)13(22)15(24)18(26-16)27-4;/h9-16,18,22-24H,5-8H2,1-4H3,(H,20,25);1H/t9-,10-,11+,12-,13+,14-,15-,16?,18-;/m1./s1. The zero-order valence-corrected chi connectivity index (χ0v) is 19.2. The Hall–Kier alpha value is 0.200. The van der Waals surface area contributed by atoms with Gasteiger partial charge < -0.3 is 25.4 Å². The van der Waals surface area contributed by atoms with Crippen LogP contribution < -0.4 is 5.32 Å². The molecule has 2 rings (SSSR count). The first-order chi connectivity index (χ1) is 12.7. The lowest BCUT2D eigenvalue weighted by Crippen LogP contribution is -2.65. The first-order valence-corrected chi connectivity index (χ1v) is 11.3. The number of rotatable bonds is 7. The molecule has 166 valence electrons. The van der Waals surface area contributed by atoms with Gasteiger partial charge in [0.1, 0.15) is 29.9 Å². The van der Waals surface area contributed by atoms with Gasteiger partial charge in [-0.25, -0.2) is 0 Å². The zero-order chi connectivity index (χ0) is 20.3. The first-order valence-electron chi connectivity index (χ1n) is 9.58. The number of aliphatic hydroxyl groups is 3. The quantitative estimate of drug-likeness (QED) is 0.416. The predicted molar refractivity (Wildman–Crippen MR) is 114 cm³/mol. The summed E-state index contributed by atoms with van der Waals surface area (Å²) in [5, 5.41) is 33.0. The van der Waals surface area contributed by atoms with Crippen molar-refractivity contribution in [2.24, 2.45) is 5.92 Å². The Morgan fingerprint density at radius 2 is 1.96 bits per heavy atom. The molecule has 7 nitrogen and oxygen atoms in total. The molecule has 0 saturated carbocycles. The van der Waals surface area contributed by atoms with Gasteiger partial charge >= 0.3 is 0 Å². The fraction of sp³-hybridized carbons (Fsp3) is 0.944. The van der Waals surface area contributed by atoms with E-state index in [2.05, 4.69) is 12.2 Å². The second-order valence-corrected chi connectivity index (χ2v) is 9.36. The smallest absolute Gasteiger partial charge is 0.237 e. The number of nitrogens with one attached hydrogen (secondary N) is 1. The largest absolute Gasteiger partial charge is 0.388 e. The summed E-state index contributed by atoms with van der Waals surface area (Å²) in [6, 6.07) is -0.934. The molecule has 0 bridgehead atoms.